The van der Waals surface area contributed by atoms with Crippen LogP contribution in [-0.2, 0) is 24.2 Å². The van der Waals surface area contributed by atoms with E-state index in [0.717, 1.165) is 45.2 Å². The van der Waals surface area contributed by atoms with Crippen LogP contribution in [0, 0.1) is 0 Å². The van der Waals surface area contributed by atoms with Crippen LogP contribution in [0.1, 0.15) is 36.0 Å². The van der Waals surface area contributed by atoms with Crippen molar-refractivity contribution in [1.82, 2.24) is 10.2 Å². The van der Waals surface area contributed by atoms with Crippen molar-refractivity contribution in [2.75, 3.05) is 6.54 Å². The van der Waals surface area contributed by atoms with Gasteiger partial charge in [-0.1, -0.05) is 54.6 Å². The van der Waals surface area contributed by atoms with Crippen molar-refractivity contribution < 1.29 is 4.79 Å². The van der Waals surface area contributed by atoms with E-state index in [-0.39, 0.29) is 0 Å². The molecule has 0 unspecified atom stereocenters. The van der Waals surface area contributed by atoms with Crippen LogP contribution < -0.4 is 5.32 Å². The van der Waals surface area contributed by atoms with Gasteiger partial charge in [-0.05, 0) is 48.9 Å². The highest BCUT2D eigenvalue weighted by Crippen LogP contribution is 2.32. The minimum absolute atomic E-state index is 0.353. The Kier molecular flexibility index (Phi) is 4.84. The Morgan fingerprint density at radius 3 is 2.36 bits per heavy atom. The highest BCUT2D eigenvalue weighted by atomic mass is 16.2. The lowest BCUT2D eigenvalue weighted by molar-refractivity contribution is -0.131. The van der Waals surface area contributed by atoms with Crippen LogP contribution in [0.2, 0.25) is 0 Å². The topological polar surface area (TPSA) is 32.3 Å². The van der Waals surface area contributed by atoms with Gasteiger partial charge in [0.05, 0.1) is 0 Å². The van der Waals surface area contributed by atoms with Crippen molar-refractivity contribution in [1.29, 1.82) is 0 Å². The molecule has 1 fully saturated rings. The predicted octanol–water partition coefficient (Wildman–Crippen LogP) is 3.32. The maximum atomic E-state index is 12.5. The van der Waals surface area contributed by atoms with E-state index in [4.69, 9.17) is 0 Å². The maximum Gasteiger partial charge on any atom is 0.223 e. The normalized spacial score (nSPS) is 20.2. The van der Waals surface area contributed by atoms with E-state index >= 15 is 0 Å². The van der Waals surface area contributed by atoms with Crippen molar-refractivity contribution in [3.63, 3.8) is 0 Å². The summed E-state index contributed by atoms with van der Waals surface area (Å²) < 4.78 is 0. The number of likely N-dealkylation sites (tertiary alicyclic amines) is 1. The first-order valence-corrected chi connectivity index (χ1v) is 9.44. The molecule has 1 aliphatic carbocycles. The number of amides is 1. The summed E-state index contributed by atoms with van der Waals surface area (Å²) in [6.07, 6.45) is 4.83. The molecule has 1 atom stereocenters. The van der Waals surface area contributed by atoms with Gasteiger partial charge >= 0.3 is 0 Å². The van der Waals surface area contributed by atoms with Gasteiger partial charge in [0.25, 0.3) is 0 Å². The molecule has 1 N–H and O–H groups in total. The SMILES string of the molecule is O=C1CC[C@H](CCNCc2ccccc2)N1C1Cc2ccccc2C1. The summed E-state index contributed by atoms with van der Waals surface area (Å²) in [7, 11) is 0. The molecule has 2 aliphatic rings. The van der Waals surface area contributed by atoms with Crippen molar-refractivity contribution >= 4 is 5.91 Å². The molecule has 2 aromatic rings. The molecule has 0 spiro atoms. The van der Waals surface area contributed by atoms with E-state index in [0.29, 0.717) is 18.0 Å². The molecule has 0 saturated carbocycles. The van der Waals surface area contributed by atoms with Crippen LogP contribution in [-0.4, -0.2) is 29.4 Å². The molecule has 1 aliphatic heterocycles. The second-order valence-electron chi connectivity index (χ2n) is 7.28. The Morgan fingerprint density at radius 2 is 1.64 bits per heavy atom. The molecule has 2 aromatic carbocycles. The summed E-state index contributed by atoms with van der Waals surface area (Å²) in [6, 6.07) is 19.9. The molecule has 0 aromatic heterocycles. The summed E-state index contributed by atoms with van der Waals surface area (Å²) in [4.78, 5) is 14.7. The van der Waals surface area contributed by atoms with Gasteiger partial charge in [-0.25, -0.2) is 0 Å². The fraction of sp³-hybridized carbons (Fsp3) is 0.409. The predicted molar refractivity (Wildman–Crippen MR) is 100 cm³/mol. The van der Waals surface area contributed by atoms with Gasteiger partial charge in [-0.15, -0.1) is 0 Å². The lowest BCUT2D eigenvalue weighted by atomic mass is 10.1. The number of carbonyl (C=O) groups is 1. The highest BCUT2D eigenvalue weighted by molar-refractivity contribution is 5.79. The zero-order valence-corrected chi connectivity index (χ0v) is 14.7. The van der Waals surface area contributed by atoms with Gasteiger partial charge < -0.3 is 10.2 Å². The molecule has 4 rings (SSSR count). The number of hydrogen-bond acceptors (Lipinski definition) is 2. The third kappa shape index (κ3) is 3.62. The third-order valence-electron chi connectivity index (χ3n) is 5.62. The van der Waals surface area contributed by atoms with Gasteiger partial charge in [0.15, 0.2) is 0 Å². The fourth-order valence-corrected chi connectivity index (χ4v) is 4.38. The minimum atomic E-state index is 0.353. The van der Waals surface area contributed by atoms with Crippen molar-refractivity contribution in [3.05, 3.63) is 71.3 Å². The van der Waals surface area contributed by atoms with Crippen LogP contribution in [0.3, 0.4) is 0 Å². The molecule has 3 nitrogen and oxygen atoms in total. The van der Waals surface area contributed by atoms with E-state index < -0.39 is 0 Å². The zero-order valence-electron chi connectivity index (χ0n) is 14.7. The fourth-order valence-electron chi connectivity index (χ4n) is 4.38. The van der Waals surface area contributed by atoms with E-state index in [1.807, 2.05) is 6.07 Å². The number of nitrogens with zero attached hydrogens (tertiary/aromatic N) is 1. The van der Waals surface area contributed by atoms with E-state index in [2.05, 4.69) is 58.7 Å². The Balaban J connectivity index is 1.32. The van der Waals surface area contributed by atoms with Crippen molar-refractivity contribution in [2.45, 2.75) is 50.7 Å². The monoisotopic (exact) mass is 334 g/mol. The summed E-state index contributed by atoms with van der Waals surface area (Å²) >= 11 is 0. The van der Waals surface area contributed by atoms with E-state index in [1.54, 1.807) is 0 Å². The highest BCUT2D eigenvalue weighted by Gasteiger charge is 2.38. The van der Waals surface area contributed by atoms with Crippen LogP contribution in [0.25, 0.3) is 0 Å². The second-order valence-corrected chi connectivity index (χ2v) is 7.28. The Hall–Kier alpha value is -2.13. The summed E-state index contributed by atoms with van der Waals surface area (Å²) in [6.45, 7) is 1.86. The second kappa shape index (κ2) is 7.40. The van der Waals surface area contributed by atoms with Crippen molar-refractivity contribution in [2.24, 2.45) is 0 Å². The number of carbonyl (C=O) groups excluding carboxylic acids is 1. The molecule has 25 heavy (non-hydrogen) atoms. The average Bonchev–Trinajstić information content (AvgIpc) is 3.22. The molecular formula is C22H26N2O. The molecule has 1 amide bonds. The number of nitrogens with one attached hydrogen (secondary N) is 1. The van der Waals surface area contributed by atoms with Crippen molar-refractivity contribution in [3.8, 4) is 0 Å². The van der Waals surface area contributed by atoms with E-state index in [9.17, 15) is 4.79 Å². The molecular weight excluding hydrogens is 308 g/mol. The number of rotatable bonds is 6. The van der Waals surface area contributed by atoms with Crippen LogP contribution in [0.5, 0.6) is 0 Å². The molecule has 0 radical (unpaired) electrons. The third-order valence-corrected chi connectivity index (χ3v) is 5.62. The first kappa shape index (κ1) is 16.3. The average molecular weight is 334 g/mol. The zero-order chi connectivity index (χ0) is 17.1. The Bertz CT molecular complexity index is 703. The van der Waals surface area contributed by atoms with Gasteiger partial charge in [-0.3, -0.25) is 4.79 Å². The minimum Gasteiger partial charge on any atom is -0.336 e. The first-order chi connectivity index (χ1) is 12.3. The number of benzene rings is 2. The Morgan fingerprint density at radius 1 is 0.960 bits per heavy atom. The van der Waals surface area contributed by atoms with Crippen LogP contribution in [0.4, 0.5) is 0 Å². The summed E-state index contributed by atoms with van der Waals surface area (Å²) in [5, 5.41) is 3.53. The molecule has 1 heterocycles. The van der Waals surface area contributed by atoms with Crippen LogP contribution in [0.15, 0.2) is 54.6 Å². The van der Waals surface area contributed by atoms with Gasteiger partial charge in [0.2, 0.25) is 5.91 Å². The van der Waals surface area contributed by atoms with E-state index in [1.165, 1.54) is 16.7 Å². The summed E-state index contributed by atoms with van der Waals surface area (Å²) in [5.41, 5.74) is 4.16. The van der Waals surface area contributed by atoms with Gasteiger partial charge in [0.1, 0.15) is 0 Å². The summed E-state index contributed by atoms with van der Waals surface area (Å²) in [5.74, 6) is 0.353. The number of hydrogen-bond donors (Lipinski definition) is 1. The Labute approximate surface area is 150 Å². The van der Waals surface area contributed by atoms with Crippen LogP contribution >= 0.6 is 0 Å². The van der Waals surface area contributed by atoms with Gasteiger partial charge in [-0.2, -0.15) is 0 Å². The largest absolute Gasteiger partial charge is 0.336 e. The quantitative estimate of drug-likeness (QED) is 0.822. The molecule has 130 valence electrons. The maximum absolute atomic E-state index is 12.5. The first-order valence-electron chi connectivity index (χ1n) is 9.44. The lowest BCUT2D eigenvalue weighted by Gasteiger charge is -2.31. The number of fused-ring (bicyclic) bond motifs is 1. The lowest BCUT2D eigenvalue weighted by Crippen LogP contribution is -2.43. The standard InChI is InChI=1S/C22H26N2O/c25-22-11-10-20(12-13-23-16-17-6-2-1-3-7-17)24(22)21-14-18-8-4-5-9-19(18)15-21/h1-9,20-21,23H,10-16H2/t20-/m1/s1. The van der Waals surface area contributed by atoms with Gasteiger partial charge in [0, 0.05) is 25.0 Å². The molecule has 0 bridgehead atoms. The smallest absolute Gasteiger partial charge is 0.223 e. The molecule has 3 heteroatoms. The molecule has 1 saturated heterocycles.